The summed E-state index contributed by atoms with van der Waals surface area (Å²) in [6.45, 7) is 6.81. The molecule has 2 atom stereocenters. The maximum atomic E-state index is 6.32. The van der Waals surface area contributed by atoms with Gasteiger partial charge in [-0.15, -0.1) is 0 Å². The van der Waals surface area contributed by atoms with Gasteiger partial charge in [-0.1, -0.05) is 29.3 Å². The van der Waals surface area contributed by atoms with E-state index < -0.39 is 5.79 Å². The molecule has 0 amide bonds. The molecule has 2 heterocycles. The number of halogens is 2. The molecule has 2 fully saturated rings. The average Bonchev–Trinajstić information content (AvgIpc) is 3.09. The number of ether oxygens (including phenoxy) is 3. The predicted octanol–water partition coefficient (Wildman–Crippen LogP) is 4.07. The Balaban J connectivity index is 1.33. The fourth-order valence-electron chi connectivity index (χ4n) is 3.58. The van der Waals surface area contributed by atoms with Crippen LogP contribution in [0.25, 0.3) is 0 Å². The molecule has 7 heteroatoms. The molecule has 1 N–H and O–H groups in total. The van der Waals surface area contributed by atoms with Crippen LogP contribution in [0.1, 0.15) is 12.5 Å². The summed E-state index contributed by atoms with van der Waals surface area (Å²) >= 11 is 12.3. The van der Waals surface area contributed by atoms with Gasteiger partial charge in [-0.2, -0.15) is 0 Å². The Labute approximate surface area is 175 Å². The lowest BCUT2D eigenvalue weighted by molar-refractivity contribution is -0.164. The second-order valence-electron chi connectivity index (χ2n) is 7.16. The van der Waals surface area contributed by atoms with E-state index in [1.54, 1.807) is 12.1 Å². The van der Waals surface area contributed by atoms with Gasteiger partial charge in [0, 0.05) is 42.5 Å². The summed E-state index contributed by atoms with van der Waals surface area (Å²) < 4.78 is 17.9. The molecule has 5 nitrogen and oxygen atoms in total. The van der Waals surface area contributed by atoms with Gasteiger partial charge < -0.3 is 24.4 Å². The second kappa shape index (κ2) is 8.47. The van der Waals surface area contributed by atoms with Crippen LogP contribution in [0.3, 0.4) is 0 Å². The van der Waals surface area contributed by atoms with Crippen molar-refractivity contribution < 1.29 is 14.2 Å². The molecule has 28 heavy (non-hydrogen) atoms. The van der Waals surface area contributed by atoms with Gasteiger partial charge in [0.25, 0.3) is 0 Å². The molecule has 0 aliphatic carbocycles. The number of hydrogen-bond donors (Lipinski definition) is 1. The van der Waals surface area contributed by atoms with E-state index in [1.807, 2.05) is 25.1 Å². The number of nitrogens with zero attached hydrogens (tertiary/aromatic N) is 1. The molecular weight excluding hydrogens is 399 g/mol. The van der Waals surface area contributed by atoms with E-state index >= 15 is 0 Å². The third-order valence-corrected chi connectivity index (χ3v) is 5.66. The minimum atomic E-state index is -0.901. The Morgan fingerprint density at radius 2 is 1.89 bits per heavy atom. The molecule has 0 saturated carbocycles. The molecule has 0 spiro atoms. The van der Waals surface area contributed by atoms with Gasteiger partial charge in [0.15, 0.2) is 5.79 Å². The monoisotopic (exact) mass is 422 g/mol. The number of rotatable bonds is 5. The van der Waals surface area contributed by atoms with E-state index in [1.165, 1.54) is 5.69 Å². The number of nitrogens with one attached hydrogen (secondary N) is 1. The van der Waals surface area contributed by atoms with E-state index in [2.05, 4.69) is 22.3 Å². The summed E-state index contributed by atoms with van der Waals surface area (Å²) in [5.41, 5.74) is 1.99. The molecule has 0 radical (unpaired) electrons. The first-order chi connectivity index (χ1) is 13.5. The number of benzene rings is 2. The predicted molar refractivity (Wildman–Crippen MR) is 112 cm³/mol. The van der Waals surface area contributed by atoms with Crippen molar-refractivity contribution in [1.82, 2.24) is 5.32 Å². The van der Waals surface area contributed by atoms with E-state index in [-0.39, 0.29) is 6.10 Å². The van der Waals surface area contributed by atoms with Crippen molar-refractivity contribution in [2.45, 2.75) is 18.8 Å². The average molecular weight is 423 g/mol. The minimum Gasteiger partial charge on any atom is -0.491 e. The highest BCUT2D eigenvalue weighted by Gasteiger charge is 2.40. The van der Waals surface area contributed by atoms with Gasteiger partial charge in [-0.3, -0.25) is 0 Å². The molecular formula is C21H24Cl2N2O3. The molecule has 2 aliphatic heterocycles. The molecule has 150 valence electrons. The standard InChI is InChI=1S/C21H24Cl2N2O3/c1-21(19-7-2-15(22)12-20(19)23)27-14-18(28-21)13-26-17-5-3-16(4-6-17)25-10-8-24-9-11-25/h2-7,12,18,24H,8-11,13-14H2,1H3/t18?,21-/m0/s1. The molecule has 0 aromatic heterocycles. The SMILES string of the molecule is C[C@]1(c2ccc(Cl)cc2Cl)OCC(COc2ccc(N3CCNCC3)cc2)O1. The lowest BCUT2D eigenvalue weighted by Gasteiger charge is -2.29. The fourth-order valence-corrected chi connectivity index (χ4v) is 4.16. The lowest BCUT2D eigenvalue weighted by Crippen LogP contribution is -2.43. The highest BCUT2D eigenvalue weighted by atomic mass is 35.5. The van der Waals surface area contributed by atoms with Crippen molar-refractivity contribution in [3.63, 3.8) is 0 Å². The van der Waals surface area contributed by atoms with Crippen LogP contribution in [0, 0.1) is 0 Å². The first-order valence-electron chi connectivity index (χ1n) is 9.49. The molecule has 4 rings (SSSR count). The zero-order valence-electron chi connectivity index (χ0n) is 15.8. The summed E-state index contributed by atoms with van der Waals surface area (Å²) in [4.78, 5) is 2.37. The van der Waals surface area contributed by atoms with Crippen molar-refractivity contribution in [2.24, 2.45) is 0 Å². The Morgan fingerprint density at radius 3 is 2.61 bits per heavy atom. The summed E-state index contributed by atoms with van der Waals surface area (Å²) in [5.74, 6) is -0.0809. The largest absolute Gasteiger partial charge is 0.491 e. The summed E-state index contributed by atoms with van der Waals surface area (Å²) in [5, 5.41) is 4.48. The lowest BCUT2D eigenvalue weighted by atomic mass is 10.1. The van der Waals surface area contributed by atoms with Crippen molar-refractivity contribution in [1.29, 1.82) is 0 Å². The number of anilines is 1. The topological polar surface area (TPSA) is 43.0 Å². The Morgan fingerprint density at radius 1 is 1.14 bits per heavy atom. The van der Waals surface area contributed by atoms with Crippen LogP contribution in [0.2, 0.25) is 10.0 Å². The molecule has 0 bridgehead atoms. The zero-order valence-corrected chi connectivity index (χ0v) is 17.3. The van der Waals surface area contributed by atoms with Gasteiger partial charge in [0.2, 0.25) is 0 Å². The maximum absolute atomic E-state index is 6.32. The van der Waals surface area contributed by atoms with Crippen molar-refractivity contribution in [2.75, 3.05) is 44.3 Å². The fraction of sp³-hybridized carbons (Fsp3) is 0.429. The van der Waals surface area contributed by atoms with Gasteiger partial charge in [0.05, 0.1) is 11.6 Å². The van der Waals surface area contributed by atoms with E-state index in [0.717, 1.165) is 37.5 Å². The molecule has 2 saturated heterocycles. The Bertz CT molecular complexity index is 812. The van der Waals surface area contributed by atoms with Gasteiger partial charge in [0.1, 0.15) is 18.5 Å². The van der Waals surface area contributed by atoms with Crippen molar-refractivity contribution in [3.05, 3.63) is 58.1 Å². The van der Waals surface area contributed by atoms with Crippen LogP contribution in [-0.4, -0.2) is 45.5 Å². The molecule has 1 unspecified atom stereocenters. The summed E-state index contributed by atoms with van der Waals surface area (Å²) in [6, 6.07) is 13.5. The first kappa shape index (κ1) is 19.8. The van der Waals surface area contributed by atoms with Crippen LogP contribution in [-0.2, 0) is 15.3 Å². The van der Waals surface area contributed by atoms with Gasteiger partial charge in [-0.05, 0) is 43.3 Å². The van der Waals surface area contributed by atoms with E-state index in [9.17, 15) is 0 Å². The highest BCUT2D eigenvalue weighted by molar-refractivity contribution is 6.35. The number of hydrogen-bond acceptors (Lipinski definition) is 5. The third kappa shape index (κ3) is 4.39. The minimum absolute atomic E-state index is 0.176. The van der Waals surface area contributed by atoms with Gasteiger partial charge >= 0.3 is 0 Å². The normalized spacial score (nSPS) is 25.1. The third-order valence-electron chi connectivity index (χ3n) is 5.11. The van der Waals surface area contributed by atoms with Crippen molar-refractivity contribution in [3.8, 4) is 5.75 Å². The van der Waals surface area contributed by atoms with Crippen LogP contribution in [0.5, 0.6) is 5.75 Å². The Hall–Kier alpha value is -1.50. The number of piperazine rings is 1. The first-order valence-corrected chi connectivity index (χ1v) is 10.2. The van der Waals surface area contributed by atoms with E-state index in [0.29, 0.717) is 23.3 Å². The molecule has 2 aromatic carbocycles. The Kier molecular flexibility index (Phi) is 5.99. The quantitative estimate of drug-likeness (QED) is 0.786. The van der Waals surface area contributed by atoms with Crippen LogP contribution in [0.15, 0.2) is 42.5 Å². The van der Waals surface area contributed by atoms with Crippen LogP contribution >= 0.6 is 23.2 Å². The zero-order chi connectivity index (χ0) is 19.6. The van der Waals surface area contributed by atoms with E-state index in [4.69, 9.17) is 37.4 Å². The van der Waals surface area contributed by atoms with Crippen LogP contribution in [0.4, 0.5) is 5.69 Å². The smallest absolute Gasteiger partial charge is 0.194 e. The molecule has 2 aliphatic rings. The van der Waals surface area contributed by atoms with Crippen LogP contribution < -0.4 is 15.0 Å². The highest BCUT2D eigenvalue weighted by Crippen LogP contribution is 2.38. The van der Waals surface area contributed by atoms with Gasteiger partial charge in [-0.25, -0.2) is 0 Å². The summed E-state index contributed by atoms with van der Waals surface area (Å²) in [7, 11) is 0. The molecule has 2 aromatic rings. The maximum Gasteiger partial charge on any atom is 0.194 e. The van der Waals surface area contributed by atoms with Crippen molar-refractivity contribution >= 4 is 28.9 Å². The second-order valence-corrected chi connectivity index (χ2v) is 8.01. The summed E-state index contributed by atoms with van der Waals surface area (Å²) in [6.07, 6.45) is -0.176.